The van der Waals surface area contributed by atoms with Gasteiger partial charge in [0.1, 0.15) is 0 Å². The molecule has 7 heteroatoms. The predicted molar refractivity (Wildman–Crippen MR) is 144 cm³/mol. The largest absolute Gasteiger partial charge is 0.465 e. The normalized spacial score (nSPS) is 16.0. The number of benzene rings is 3. The maximum atomic E-state index is 13.6. The molecule has 0 spiro atoms. The summed E-state index contributed by atoms with van der Waals surface area (Å²) in [6, 6.07) is 22.1. The Bertz CT molecular complexity index is 1560. The minimum Gasteiger partial charge on any atom is -0.465 e. The van der Waals surface area contributed by atoms with E-state index in [1.807, 2.05) is 54.6 Å². The molecule has 7 nitrogen and oxygen atoms in total. The Morgan fingerprint density at radius 1 is 1.03 bits per heavy atom. The number of hydrogen-bond acceptors (Lipinski definition) is 4. The van der Waals surface area contributed by atoms with E-state index in [9.17, 15) is 14.7 Å². The van der Waals surface area contributed by atoms with Crippen molar-refractivity contribution in [3.63, 3.8) is 0 Å². The first-order chi connectivity index (χ1) is 17.8. The molecule has 2 N–H and O–H groups in total. The SMILES string of the molecule is CC1(C)CN(C(=O)O)Cc2cc(N3Cc4cccc(NCc5ccc6ncccc6c5)c4C3=O)ccc21. The average Bonchev–Trinajstić information content (AvgIpc) is 3.23. The van der Waals surface area contributed by atoms with Gasteiger partial charge in [0, 0.05) is 48.0 Å². The van der Waals surface area contributed by atoms with Crippen LogP contribution >= 0.6 is 0 Å². The standard InChI is InChI=1S/C30H28N4O3/c1-30(2)18-33(29(36)37)16-22-14-23(9-10-24(22)30)34-17-21-5-3-7-26(27(21)28(34)35)32-15-19-8-11-25-20(13-19)6-4-12-31-25/h3-14,32H,15-18H2,1-2H3,(H,36,37). The molecule has 0 saturated carbocycles. The lowest BCUT2D eigenvalue weighted by Gasteiger charge is -2.39. The zero-order valence-electron chi connectivity index (χ0n) is 20.9. The number of carboxylic acid groups (broad SMARTS) is 1. The molecule has 0 fully saturated rings. The molecule has 0 unspecified atom stereocenters. The van der Waals surface area contributed by atoms with Crippen LogP contribution in [0, 0.1) is 0 Å². The number of fused-ring (bicyclic) bond motifs is 3. The fraction of sp³-hybridized carbons (Fsp3) is 0.233. The van der Waals surface area contributed by atoms with Crippen LogP contribution in [0.15, 0.2) is 72.9 Å². The van der Waals surface area contributed by atoms with Gasteiger partial charge in [0.05, 0.1) is 17.6 Å². The molecule has 0 atom stereocenters. The number of pyridine rings is 1. The van der Waals surface area contributed by atoms with Crippen molar-refractivity contribution in [1.29, 1.82) is 0 Å². The van der Waals surface area contributed by atoms with E-state index in [-0.39, 0.29) is 11.3 Å². The number of hydrogen-bond donors (Lipinski definition) is 2. The highest BCUT2D eigenvalue weighted by molar-refractivity contribution is 6.13. The molecule has 2 aliphatic heterocycles. The molecule has 186 valence electrons. The fourth-order valence-electron chi connectivity index (χ4n) is 5.65. The van der Waals surface area contributed by atoms with E-state index in [1.165, 1.54) is 4.90 Å². The Morgan fingerprint density at radius 3 is 2.73 bits per heavy atom. The highest BCUT2D eigenvalue weighted by Gasteiger charge is 2.36. The van der Waals surface area contributed by atoms with Crippen molar-refractivity contribution in [2.75, 3.05) is 16.8 Å². The van der Waals surface area contributed by atoms with Crippen LogP contribution in [0.1, 0.15) is 46.5 Å². The van der Waals surface area contributed by atoms with Crippen LogP contribution < -0.4 is 10.2 Å². The van der Waals surface area contributed by atoms with Gasteiger partial charge in [-0.1, -0.05) is 44.2 Å². The van der Waals surface area contributed by atoms with Gasteiger partial charge in [0.2, 0.25) is 0 Å². The van der Waals surface area contributed by atoms with E-state index in [4.69, 9.17) is 0 Å². The third kappa shape index (κ3) is 4.06. The van der Waals surface area contributed by atoms with Gasteiger partial charge < -0.3 is 20.2 Å². The Labute approximate surface area is 215 Å². The van der Waals surface area contributed by atoms with Crippen LogP contribution in [-0.2, 0) is 25.0 Å². The van der Waals surface area contributed by atoms with Crippen molar-refractivity contribution in [1.82, 2.24) is 9.88 Å². The van der Waals surface area contributed by atoms with Crippen molar-refractivity contribution in [2.24, 2.45) is 0 Å². The quantitative estimate of drug-likeness (QED) is 0.377. The van der Waals surface area contributed by atoms with Gasteiger partial charge in [-0.15, -0.1) is 0 Å². The van der Waals surface area contributed by atoms with E-state index < -0.39 is 6.09 Å². The first kappa shape index (κ1) is 23.0. The second kappa shape index (κ2) is 8.62. The number of carbonyl (C=O) groups excluding carboxylic acids is 1. The first-order valence-electron chi connectivity index (χ1n) is 12.4. The summed E-state index contributed by atoms with van der Waals surface area (Å²) in [5.41, 5.74) is 7.12. The van der Waals surface area contributed by atoms with E-state index in [2.05, 4.69) is 36.3 Å². The number of aromatic nitrogens is 1. The van der Waals surface area contributed by atoms with E-state index in [0.717, 1.165) is 44.5 Å². The van der Waals surface area contributed by atoms with Crippen molar-refractivity contribution >= 4 is 34.3 Å². The molecule has 3 aromatic carbocycles. The molecule has 6 rings (SSSR count). The minimum atomic E-state index is -0.924. The summed E-state index contributed by atoms with van der Waals surface area (Å²) >= 11 is 0. The van der Waals surface area contributed by atoms with Crippen LogP contribution in [0.25, 0.3) is 10.9 Å². The van der Waals surface area contributed by atoms with Gasteiger partial charge in [-0.05, 0) is 58.7 Å². The van der Waals surface area contributed by atoms with Gasteiger partial charge >= 0.3 is 6.09 Å². The Kier molecular flexibility index (Phi) is 5.37. The van der Waals surface area contributed by atoms with Crippen molar-refractivity contribution < 1.29 is 14.7 Å². The second-order valence-corrected chi connectivity index (χ2v) is 10.5. The number of nitrogens with one attached hydrogen (secondary N) is 1. The summed E-state index contributed by atoms with van der Waals surface area (Å²) in [7, 11) is 0. The Morgan fingerprint density at radius 2 is 1.89 bits per heavy atom. The summed E-state index contributed by atoms with van der Waals surface area (Å²) < 4.78 is 0. The molecule has 1 aromatic heterocycles. The summed E-state index contributed by atoms with van der Waals surface area (Å²) in [6.45, 7) is 5.96. The molecule has 0 bridgehead atoms. The monoisotopic (exact) mass is 492 g/mol. The van der Waals surface area contributed by atoms with Crippen molar-refractivity contribution in [3.05, 3.63) is 101 Å². The number of rotatable bonds is 4. The maximum absolute atomic E-state index is 13.6. The van der Waals surface area contributed by atoms with Gasteiger partial charge in [-0.2, -0.15) is 0 Å². The number of anilines is 2. The molecule has 2 amide bonds. The van der Waals surface area contributed by atoms with E-state index in [0.29, 0.717) is 31.7 Å². The lowest BCUT2D eigenvalue weighted by molar-refractivity contribution is 0.0996. The second-order valence-electron chi connectivity index (χ2n) is 10.5. The lowest BCUT2D eigenvalue weighted by atomic mass is 9.78. The van der Waals surface area contributed by atoms with Crippen molar-refractivity contribution in [3.8, 4) is 0 Å². The molecule has 0 aliphatic carbocycles. The summed E-state index contributed by atoms with van der Waals surface area (Å²) in [4.78, 5) is 33.0. The third-order valence-corrected chi connectivity index (χ3v) is 7.44. The van der Waals surface area contributed by atoms with Crippen LogP contribution in [0.2, 0.25) is 0 Å². The minimum absolute atomic E-state index is 0.0501. The predicted octanol–water partition coefficient (Wildman–Crippen LogP) is 5.78. The zero-order valence-corrected chi connectivity index (χ0v) is 20.9. The third-order valence-electron chi connectivity index (χ3n) is 7.44. The Hall–Kier alpha value is -4.39. The molecule has 2 aliphatic rings. The van der Waals surface area contributed by atoms with E-state index in [1.54, 1.807) is 11.1 Å². The Balaban J connectivity index is 1.26. The number of nitrogens with zero attached hydrogens (tertiary/aromatic N) is 3. The van der Waals surface area contributed by atoms with Crippen LogP contribution in [0.4, 0.5) is 16.2 Å². The highest BCUT2D eigenvalue weighted by atomic mass is 16.4. The van der Waals surface area contributed by atoms with E-state index >= 15 is 0 Å². The summed E-state index contributed by atoms with van der Waals surface area (Å²) in [5, 5.41) is 14.2. The summed E-state index contributed by atoms with van der Waals surface area (Å²) in [6.07, 6.45) is 0.864. The van der Waals surface area contributed by atoms with Gasteiger partial charge in [0.25, 0.3) is 5.91 Å². The van der Waals surface area contributed by atoms with Crippen LogP contribution in [0.3, 0.4) is 0 Å². The summed E-state index contributed by atoms with van der Waals surface area (Å²) in [5.74, 6) is -0.0501. The van der Waals surface area contributed by atoms with Gasteiger partial charge in [0.15, 0.2) is 0 Å². The van der Waals surface area contributed by atoms with Gasteiger partial charge in [-0.25, -0.2) is 4.79 Å². The van der Waals surface area contributed by atoms with Crippen LogP contribution in [-0.4, -0.2) is 33.5 Å². The molecule has 4 aromatic rings. The number of amides is 2. The van der Waals surface area contributed by atoms with Gasteiger partial charge in [-0.3, -0.25) is 9.78 Å². The lowest BCUT2D eigenvalue weighted by Crippen LogP contribution is -2.44. The van der Waals surface area contributed by atoms with Crippen molar-refractivity contribution in [2.45, 2.75) is 38.9 Å². The first-order valence-corrected chi connectivity index (χ1v) is 12.4. The molecule has 0 radical (unpaired) electrons. The maximum Gasteiger partial charge on any atom is 0.407 e. The molecule has 0 saturated heterocycles. The fourth-order valence-corrected chi connectivity index (χ4v) is 5.65. The molecular formula is C30H28N4O3. The smallest absolute Gasteiger partial charge is 0.407 e. The highest BCUT2D eigenvalue weighted by Crippen LogP contribution is 2.38. The molecular weight excluding hydrogens is 464 g/mol. The molecule has 3 heterocycles. The number of carbonyl (C=O) groups is 2. The average molecular weight is 493 g/mol. The topological polar surface area (TPSA) is 85.8 Å². The molecule has 37 heavy (non-hydrogen) atoms. The van der Waals surface area contributed by atoms with Crippen LogP contribution in [0.5, 0.6) is 0 Å². The zero-order chi connectivity index (χ0) is 25.7.